The fourth-order valence-electron chi connectivity index (χ4n) is 2.87. The van der Waals surface area contributed by atoms with Crippen molar-refractivity contribution in [3.63, 3.8) is 0 Å². The van der Waals surface area contributed by atoms with Gasteiger partial charge in [0.15, 0.2) is 5.76 Å². The molecule has 0 N–H and O–H groups in total. The van der Waals surface area contributed by atoms with Crippen LogP contribution in [0.2, 0.25) is 0 Å². The Morgan fingerprint density at radius 2 is 1.82 bits per heavy atom. The second kappa shape index (κ2) is 7.51. The Morgan fingerprint density at radius 1 is 1.07 bits per heavy atom. The summed E-state index contributed by atoms with van der Waals surface area (Å²) >= 11 is 0. The lowest BCUT2D eigenvalue weighted by Crippen LogP contribution is -2.28. The molecule has 0 aliphatic carbocycles. The highest BCUT2D eigenvalue weighted by Gasteiger charge is 2.28. The summed E-state index contributed by atoms with van der Waals surface area (Å²) in [5.41, 5.74) is 1.58. The normalized spacial score (nSPS) is 13.9. The number of amides is 2. The molecule has 0 radical (unpaired) electrons. The van der Waals surface area contributed by atoms with Gasteiger partial charge in [-0.15, -0.1) is 0 Å². The Hall–Kier alpha value is -3.68. The van der Waals surface area contributed by atoms with Crippen molar-refractivity contribution in [3.8, 4) is 11.5 Å². The predicted molar refractivity (Wildman–Crippen MR) is 94.6 cm³/mol. The van der Waals surface area contributed by atoms with E-state index in [2.05, 4.69) is 5.16 Å². The third kappa shape index (κ3) is 3.71. The van der Waals surface area contributed by atoms with Crippen LogP contribution in [0.3, 0.4) is 0 Å². The second-order valence-corrected chi connectivity index (χ2v) is 6.31. The molecule has 1 fully saturated rings. The van der Waals surface area contributed by atoms with Crippen molar-refractivity contribution in [1.29, 1.82) is 0 Å². The molecule has 2 amide bonds. The zero-order valence-corrected chi connectivity index (χ0v) is 14.8. The van der Waals surface area contributed by atoms with Crippen LogP contribution in [-0.2, 0) is 27.5 Å². The minimum absolute atomic E-state index is 0.0401. The van der Waals surface area contributed by atoms with Crippen LogP contribution >= 0.6 is 0 Å². The second-order valence-electron chi connectivity index (χ2n) is 6.31. The van der Waals surface area contributed by atoms with Crippen LogP contribution in [0.5, 0.6) is 0 Å². The minimum atomic E-state index is -0.512. The van der Waals surface area contributed by atoms with Crippen LogP contribution < -0.4 is 0 Å². The number of esters is 1. The van der Waals surface area contributed by atoms with E-state index in [1.54, 1.807) is 42.5 Å². The molecular weight excluding hydrogens is 364 g/mol. The molecule has 3 aromatic rings. The van der Waals surface area contributed by atoms with Gasteiger partial charge in [0.2, 0.25) is 17.6 Å². The summed E-state index contributed by atoms with van der Waals surface area (Å²) in [6.45, 7) is 0.170. The van der Waals surface area contributed by atoms with Crippen LogP contribution in [0, 0.1) is 0 Å². The number of imide groups is 1. The number of hydrogen-bond acceptors (Lipinski definition) is 7. The fourth-order valence-corrected chi connectivity index (χ4v) is 2.87. The van der Waals surface area contributed by atoms with Crippen LogP contribution in [0.15, 0.2) is 57.7 Å². The summed E-state index contributed by atoms with van der Waals surface area (Å²) in [5.74, 6) is 0.134. The van der Waals surface area contributed by atoms with Crippen molar-refractivity contribution in [3.05, 3.63) is 65.5 Å². The number of rotatable bonds is 6. The molecule has 2 aromatic heterocycles. The molecule has 1 aromatic carbocycles. The Bertz CT molecular complexity index is 988. The molecule has 4 rings (SSSR count). The van der Waals surface area contributed by atoms with E-state index in [0.717, 1.165) is 5.56 Å². The summed E-state index contributed by atoms with van der Waals surface area (Å²) in [7, 11) is 0. The topological polar surface area (TPSA) is 103 Å². The van der Waals surface area contributed by atoms with E-state index in [0.29, 0.717) is 22.8 Å². The average molecular weight is 380 g/mol. The molecule has 1 aliphatic rings. The van der Waals surface area contributed by atoms with Gasteiger partial charge in [0.1, 0.15) is 12.3 Å². The van der Waals surface area contributed by atoms with E-state index < -0.39 is 5.97 Å². The number of carbonyl (C=O) groups excluding carboxylic acids is 3. The molecule has 28 heavy (non-hydrogen) atoms. The van der Waals surface area contributed by atoms with E-state index in [1.165, 1.54) is 11.2 Å². The first-order chi connectivity index (χ1) is 13.6. The van der Waals surface area contributed by atoms with Crippen LogP contribution in [0.25, 0.3) is 11.5 Å². The molecule has 1 aliphatic heterocycles. The van der Waals surface area contributed by atoms with Gasteiger partial charge in [-0.25, -0.2) is 4.79 Å². The fraction of sp³-hybridized carbons (Fsp3) is 0.200. The molecule has 8 nitrogen and oxygen atoms in total. The predicted octanol–water partition coefficient (Wildman–Crippen LogP) is 2.94. The Morgan fingerprint density at radius 3 is 2.50 bits per heavy atom. The number of carbonyl (C=O) groups is 3. The number of ether oxygens (including phenoxy) is 1. The average Bonchev–Trinajstić information content (AvgIpc) is 3.45. The maximum atomic E-state index is 12.2. The molecule has 0 atom stereocenters. The van der Waals surface area contributed by atoms with E-state index in [-0.39, 0.29) is 37.8 Å². The summed E-state index contributed by atoms with van der Waals surface area (Å²) in [6, 6.07) is 11.7. The first kappa shape index (κ1) is 17.7. The third-order valence-electron chi connectivity index (χ3n) is 4.36. The number of benzene rings is 1. The number of furan rings is 1. The molecule has 1 saturated heterocycles. The Balaban J connectivity index is 1.33. The quantitative estimate of drug-likeness (QED) is 0.478. The van der Waals surface area contributed by atoms with Gasteiger partial charge in [0, 0.05) is 18.9 Å². The summed E-state index contributed by atoms with van der Waals surface area (Å²) in [5, 5.41) is 3.84. The van der Waals surface area contributed by atoms with Crippen LogP contribution in [-0.4, -0.2) is 27.8 Å². The van der Waals surface area contributed by atoms with E-state index in [9.17, 15) is 14.4 Å². The standard InChI is InChI=1S/C20H16N2O6/c23-18-7-8-19(24)22(18)11-13-3-5-14(6-4-13)20(25)27-12-15-10-17(28-21-15)16-2-1-9-26-16/h1-6,9-10H,7-8,11-12H2. The zero-order chi connectivity index (χ0) is 19.5. The molecule has 0 saturated carbocycles. The van der Waals surface area contributed by atoms with Gasteiger partial charge in [-0.3, -0.25) is 14.5 Å². The first-order valence-corrected chi connectivity index (χ1v) is 8.69. The molecular formula is C20H16N2O6. The smallest absolute Gasteiger partial charge is 0.338 e. The molecule has 3 heterocycles. The largest absolute Gasteiger partial charge is 0.461 e. The molecule has 0 spiro atoms. The lowest BCUT2D eigenvalue weighted by Gasteiger charge is -2.13. The lowest BCUT2D eigenvalue weighted by atomic mass is 10.1. The van der Waals surface area contributed by atoms with Crippen LogP contribution in [0.4, 0.5) is 0 Å². The van der Waals surface area contributed by atoms with Crippen LogP contribution in [0.1, 0.15) is 34.5 Å². The zero-order valence-electron chi connectivity index (χ0n) is 14.8. The van der Waals surface area contributed by atoms with Crippen molar-refractivity contribution in [2.45, 2.75) is 26.0 Å². The Kier molecular flexibility index (Phi) is 4.76. The number of aromatic nitrogens is 1. The number of likely N-dealkylation sites (tertiary alicyclic amines) is 1. The first-order valence-electron chi connectivity index (χ1n) is 8.69. The van der Waals surface area contributed by atoms with Gasteiger partial charge in [-0.1, -0.05) is 17.3 Å². The maximum Gasteiger partial charge on any atom is 0.338 e. The highest BCUT2D eigenvalue weighted by Crippen LogP contribution is 2.21. The minimum Gasteiger partial charge on any atom is -0.461 e. The van der Waals surface area contributed by atoms with E-state index in [1.807, 2.05) is 0 Å². The van der Waals surface area contributed by atoms with Crippen molar-refractivity contribution in [2.75, 3.05) is 0 Å². The highest BCUT2D eigenvalue weighted by atomic mass is 16.5. The Labute approximate surface area is 159 Å². The highest BCUT2D eigenvalue weighted by molar-refractivity contribution is 6.01. The number of hydrogen-bond donors (Lipinski definition) is 0. The van der Waals surface area contributed by atoms with Gasteiger partial charge in [0.25, 0.3) is 0 Å². The number of nitrogens with zero attached hydrogens (tertiary/aromatic N) is 2. The lowest BCUT2D eigenvalue weighted by molar-refractivity contribution is -0.139. The van der Waals surface area contributed by atoms with E-state index in [4.69, 9.17) is 13.7 Å². The van der Waals surface area contributed by atoms with Gasteiger partial charge in [-0.05, 0) is 29.8 Å². The maximum absolute atomic E-state index is 12.2. The van der Waals surface area contributed by atoms with Crippen molar-refractivity contribution >= 4 is 17.8 Å². The SMILES string of the molecule is O=C(OCc1cc(-c2ccco2)on1)c1ccc(CN2C(=O)CCC2=O)cc1. The molecule has 0 unspecified atom stereocenters. The van der Waals surface area contributed by atoms with Gasteiger partial charge in [-0.2, -0.15) is 0 Å². The van der Waals surface area contributed by atoms with Crippen molar-refractivity contribution in [1.82, 2.24) is 10.1 Å². The van der Waals surface area contributed by atoms with Gasteiger partial charge < -0.3 is 13.7 Å². The summed E-state index contributed by atoms with van der Waals surface area (Å²) in [4.78, 5) is 36.8. The molecule has 142 valence electrons. The van der Waals surface area contributed by atoms with Gasteiger partial charge >= 0.3 is 5.97 Å². The van der Waals surface area contributed by atoms with E-state index >= 15 is 0 Å². The molecule has 0 bridgehead atoms. The summed E-state index contributed by atoms with van der Waals surface area (Å²) < 4.78 is 15.6. The van der Waals surface area contributed by atoms with Crippen molar-refractivity contribution in [2.24, 2.45) is 0 Å². The van der Waals surface area contributed by atoms with Crippen molar-refractivity contribution < 1.29 is 28.1 Å². The van der Waals surface area contributed by atoms with Gasteiger partial charge in [0.05, 0.1) is 18.4 Å². The summed E-state index contributed by atoms with van der Waals surface area (Å²) in [6.07, 6.45) is 2.04. The third-order valence-corrected chi connectivity index (χ3v) is 4.36. The molecule has 8 heteroatoms. The monoisotopic (exact) mass is 380 g/mol.